The van der Waals surface area contributed by atoms with Crippen molar-refractivity contribution in [3.8, 4) is 11.8 Å². The van der Waals surface area contributed by atoms with Crippen molar-refractivity contribution in [3.63, 3.8) is 0 Å². The molecule has 19 heavy (non-hydrogen) atoms. The van der Waals surface area contributed by atoms with Crippen LogP contribution in [-0.4, -0.2) is 35.3 Å². The van der Waals surface area contributed by atoms with Gasteiger partial charge in [0.25, 0.3) is 11.8 Å². The lowest BCUT2D eigenvalue weighted by Gasteiger charge is -2.11. The van der Waals surface area contributed by atoms with E-state index in [0.717, 1.165) is 5.56 Å². The van der Waals surface area contributed by atoms with Gasteiger partial charge in [-0.15, -0.1) is 0 Å². The van der Waals surface area contributed by atoms with Gasteiger partial charge < -0.3 is 14.6 Å². The van der Waals surface area contributed by atoms with Crippen LogP contribution in [-0.2, 0) is 0 Å². The Kier molecular flexibility index (Phi) is 3.25. The Morgan fingerprint density at radius 2 is 1.74 bits per heavy atom. The fourth-order valence-electron chi connectivity index (χ4n) is 1.92. The standard InChI is InChI=1S/C13H14N2O4/c1-6-5-8-10(9(7(6)2)13(16)17)15-12(19-4)11(14-8)18-3/h5H,1-4H3,(H,16,17). The summed E-state index contributed by atoms with van der Waals surface area (Å²) in [5, 5.41) is 9.34. The highest BCUT2D eigenvalue weighted by atomic mass is 16.5. The molecule has 0 amide bonds. The van der Waals surface area contributed by atoms with Crippen LogP contribution in [0.2, 0.25) is 0 Å². The van der Waals surface area contributed by atoms with Gasteiger partial charge in [0.15, 0.2) is 0 Å². The highest BCUT2D eigenvalue weighted by Crippen LogP contribution is 2.29. The number of carbonyl (C=O) groups is 1. The maximum atomic E-state index is 11.4. The van der Waals surface area contributed by atoms with Crippen LogP contribution in [0.3, 0.4) is 0 Å². The van der Waals surface area contributed by atoms with Crippen LogP contribution in [0.25, 0.3) is 11.0 Å². The van der Waals surface area contributed by atoms with E-state index in [9.17, 15) is 9.90 Å². The molecule has 0 atom stereocenters. The van der Waals surface area contributed by atoms with Crippen molar-refractivity contribution in [2.24, 2.45) is 0 Å². The zero-order valence-electron chi connectivity index (χ0n) is 11.1. The highest BCUT2D eigenvalue weighted by Gasteiger charge is 2.19. The van der Waals surface area contributed by atoms with E-state index in [0.29, 0.717) is 16.6 Å². The Bertz CT molecular complexity index is 667. The van der Waals surface area contributed by atoms with E-state index < -0.39 is 5.97 Å². The van der Waals surface area contributed by atoms with Crippen molar-refractivity contribution in [1.82, 2.24) is 9.97 Å². The number of rotatable bonds is 3. The lowest BCUT2D eigenvalue weighted by atomic mass is 10.0. The number of benzene rings is 1. The number of ether oxygens (including phenoxy) is 2. The molecule has 0 spiro atoms. The second-order valence-electron chi connectivity index (χ2n) is 4.11. The van der Waals surface area contributed by atoms with Crippen molar-refractivity contribution in [2.75, 3.05) is 14.2 Å². The first-order valence-corrected chi connectivity index (χ1v) is 5.62. The third kappa shape index (κ3) is 2.05. The molecule has 1 N–H and O–H groups in total. The lowest BCUT2D eigenvalue weighted by Crippen LogP contribution is -2.06. The SMILES string of the molecule is COc1nc2cc(C)c(C)c(C(=O)O)c2nc1OC. The van der Waals surface area contributed by atoms with Gasteiger partial charge in [-0.2, -0.15) is 0 Å². The van der Waals surface area contributed by atoms with Gasteiger partial charge in [-0.25, -0.2) is 14.8 Å². The van der Waals surface area contributed by atoms with Gasteiger partial charge in [0, 0.05) is 0 Å². The van der Waals surface area contributed by atoms with Crippen LogP contribution in [0.15, 0.2) is 6.07 Å². The first kappa shape index (κ1) is 13.1. The number of nitrogens with zero attached hydrogens (tertiary/aromatic N) is 2. The molecule has 0 saturated carbocycles. The molecule has 2 rings (SSSR count). The second kappa shape index (κ2) is 4.72. The Balaban J connectivity index is 2.91. The molecular formula is C13H14N2O4. The maximum Gasteiger partial charge on any atom is 0.338 e. The molecule has 0 bridgehead atoms. The minimum atomic E-state index is -1.03. The summed E-state index contributed by atoms with van der Waals surface area (Å²) >= 11 is 0. The smallest absolute Gasteiger partial charge is 0.338 e. The molecule has 2 aromatic rings. The zero-order chi connectivity index (χ0) is 14.2. The molecule has 0 aliphatic rings. The number of aromatic carboxylic acids is 1. The lowest BCUT2D eigenvalue weighted by molar-refractivity contribution is 0.0698. The first-order chi connectivity index (χ1) is 8.99. The molecule has 0 saturated heterocycles. The van der Waals surface area contributed by atoms with Crippen molar-refractivity contribution in [1.29, 1.82) is 0 Å². The van der Waals surface area contributed by atoms with Gasteiger partial charge in [0.1, 0.15) is 5.52 Å². The van der Waals surface area contributed by atoms with Gasteiger partial charge >= 0.3 is 5.97 Å². The summed E-state index contributed by atoms with van der Waals surface area (Å²) in [6, 6.07) is 1.78. The van der Waals surface area contributed by atoms with Crippen molar-refractivity contribution in [2.45, 2.75) is 13.8 Å². The van der Waals surface area contributed by atoms with E-state index in [2.05, 4.69) is 9.97 Å². The molecule has 1 heterocycles. The monoisotopic (exact) mass is 262 g/mol. The number of carboxylic acids is 1. The average molecular weight is 262 g/mol. The normalized spacial score (nSPS) is 10.5. The molecular weight excluding hydrogens is 248 g/mol. The fraction of sp³-hybridized carbons (Fsp3) is 0.308. The predicted molar refractivity (Wildman–Crippen MR) is 69.1 cm³/mol. The number of carboxylic acid groups (broad SMARTS) is 1. The van der Waals surface area contributed by atoms with Crippen molar-refractivity contribution >= 4 is 17.0 Å². The summed E-state index contributed by atoms with van der Waals surface area (Å²) in [6.07, 6.45) is 0. The number of fused-ring (bicyclic) bond motifs is 1. The maximum absolute atomic E-state index is 11.4. The summed E-state index contributed by atoms with van der Waals surface area (Å²) in [4.78, 5) is 19.8. The van der Waals surface area contributed by atoms with Crippen molar-refractivity contribution < 1.29 is 19.4 Å². The predicted octanol–water partition coefficient (Wildman–Crippen LogP) is 1.96. The number of aromatic nitrogens is 2. The Hall–Kier alpha value is -2.37. The van der Waals surface area contributed by atoms with Gasteiger partial charge in [-0.05, 0) is 31.0 Å². The molecule has 1 aromatic carbocycles. The van der Waals surface area contributed by atoms with E-state index >= 15 is 0 Å². The van der Waals surface area contributed by atoms with Crippen LogP contribution in [0.4, 0.5) is 0 Å². The molecule has 6 heteroatoms. The summed E-state index contributed by atoms with van der Waals surface area (Å²) < 4.78 is 10.1. The quantitative estimate of drug-likeness (QED) is 0.910. The minimum Gasteiger partial charge on any atom is -0.478 e. The van der Waals surface area contributed by atoms with Crippen LogP contribution in [0.5, 0.6) is 11.8 Å². The molecule has 0 fully saturated rings. The number of aryl methyl sites for hydroxylation is 1. The van der Waals surface area contributed by atoms with Crippen LogP contribution >= 0.6 is 0 Å². The summed E-state index contributed by atoms with van der Waals surface area (Å²) in [6.45, 7) is 3.58. The third-order valence-corrected chi connectivity index (χ3v) is 3.02. The van der Waals surface area contributed by atoms with Gasteiger partial charge in [0.2, 0.25) is 0 Å². The number of methoxy groups -OCH3 is 2. The molecule has 1 aromatic heterocycles. The third-order valence-electron chi connectivity index (χ3n) is 3.02. The van der Waals surface area contributed by atoms with E-state index in [-0.39, 0.29) is 17.3 Å². The molecule has 6 nitrogen and oxygen atoms in total. The van der Waals surface area contributed by atoms with Gasteiger partial charge in [-0.3, -0.25) is 0 Å². The summed E-state index contributed by atoms with van der Waals surface area (Å²) in [5.74, 6) is -0.636. The van der Waals surface area contributed by atoms with E-state index in [1.807, 2.05) is 6.92 Å². The molecule has 0 radical (unpaired) electrons. The largest absolute Gasteiger partial charge is 0.478 e. The highest BCUT2D eigenvalue weighted by molar-refractivity contribution is 6.03. The summed E-state index contributed by atoms with van der Waals surface area (Å²) in [5.41, 5.74) is 2.42. The average Bonchev–Trinajstić information content (AvgIpc) is 2.38. The Morgan fingerprint density at radius 3 is 2.26 bits per heavy atom. The second-order valence-corrected chi connectivity index (χ2v) is 4.11. The van der Waals surface area contributed by atoms with E-state index in [1.165, 1.54) is 14.2 Å². The van der Waals surface area contributed by atoms with Crippen LogP contribution in [0, 0.1) is 13.8 Å². The topological polar surface area (TPSA) is 81.5 Å². The molecule has 100 valence electrons. The number of hydrogen-bond donors (Lipinski definition) is 1. The number of hydrogen-bond acceptors (Lipinski definition) is 5. The fourth-order valence-corrected chi connectivity index (χ4v) is 1.92. The van der Waals surface area contributed by atoms with Crippen LogP contribution in [0.1, 0.15) is 21.5 Å². The zero-order valence-corrected chi connectivity index (χ0v) is 11.1. The molecule has 0 aliphatic carbocycles. The summed E-state index contributed by atoms with van der Waals surface area (Å²) in [7, 11) is 2.89. The Morgan fingerprint density at radius 1 is 1.16 bits per heavy atom. The minimum absolute atomic E-state index is 0.142. The first-order valence-electron chi connectivity index (χ1n) is 5.62. The Labute approximate surface area is 110 Å². The van der Waals surface area contributed by atoms with E-state index in [4.69, 9.17) is 9.47 Å². The van der Waals surface area contributed by atoms with Gasteiger partial charge in [0.05, 0.1) is 25.3 Å². The molecule has 0 unspecified atom stereocenters. The van der Waals surface area contributed by atoms with Gasteiger partial charge in [-0.1, -0.05) is 0 Å². The van der Waals surface area contributed by atoms with E-state index in [1.54, 1.807) is 13.0 Å². The van der Waals surface area contributed by atoms with Crippen LogP contribution < -0.4 is 9.47 Å². The molecule has 0 aliphatic heterocycles. The van der Waals surface area contributed by atoms with Crippen molar-refractivity contribution in [3.05, 3.63) is 22.8 Å².